The van der Waals surface area contributed by atoms with Gasteiger partial charge in [0.1, 0.15) is 11.5 Å². The van der Waals surface area contributed by atoms with Gasteiger partial charge in [-0.25, -0.2) is 8.42 Å². The van der Waals surface area contributed by atoms with E-state index in [-0.39, 0.29) is 11.3 Å². The molecule has 0 fully saturated rings. The number of hydrogen-bond donors (Lipinski definition) is 0. The van der Waals surface area contributed by atoms with Crippen molar-refractivity contribution in [2.24, 2.45) is 0 Å². The first-order valence-electron chi connectivity index (χ1n) is 6.34. The monoisotopic (exact) mass is 288 g/mol. The first-order chi connectivity index (χ1) is 9.54. The second-order valence-electron chi connectivity index (χ2n) is 4.72. The topological polar surface area (TPSA) is 51.2 Å². The molecule has 0 saturated heterocycles. The van der Waals surface area contributed by atoms with Gasteiger partial charge >= 0.3 is 0 Å². The Labute approximate surface area is 119 Å². The molecule has 3 nitrogen and oxygen atoms in total. The highest BCUT2D eigenvalue weighted by Gasteiger charge is 2.27. The fourth-order valence-electron chi connectivity index (χ4n) is 1.98. The van der Waals surface area contributed by atoms with Gasteiger partial charge in [-0.1, -0.05) is 48.0 Å². The quantitative estimate of drug-likeness (QED) is 0.795. The fraction of sp³-hybridized carbons (Fsp3) is 0.188. The van der Waals surface area contributed by atoms with E-state index in [1.807, 2.05) is 37.3 Å². The van der Waals surface area contributed by atoms with Gasteiger partial charge in [-0.15, -0.1) is 0 Å². The summed E-state index contributed by atoms with van der Waals surface area (Å²) in [7, 11) is -3.63. The first-order valence-corrected chi connectivity index (χ1v) is 7.88. The van der Waals surface area contributed by atoms with Gasteiger partial charge in [-0.3, -0.25) is 0 Å². The Morgan fingerprint density at radius 1 is 1.00 bits per heavy atom. The minimum atomic E-state index is -3.63. The Morgan fingerprint density at radius 2 is 1.60 bits per heavy atom. The smallest absolute Gasteiger partial charge is 0.188 e. The molecule has 0 spiro atoms. The lowest BCUT2D eigenvalue weighted by Gasteiger charge is -2.12. The van der Waals surface area contributed by atoms with Crippen LogP contribution < -0.4 is 0 Å². The third kappa shape index (κ3) is 3.14. The number of carbonyl (C=O) groups is 1. The number of aryl methyl sites for hydroxylation is 1. The second-order valence-corrected chi connectivity index (χ2v) is 6.89. The zero-order chi connectivity index (χ0) is 14.6. The van der Waals surface area contributed by atoms with Crippen molar-refractivity contribution in [3.8, 4) is 0 Å². The minimum absolute atomic E-state index is 0.191. The lowest BCUT2D eigenvalue weighted by atomic mass is 10.1. The molecule has 0 heterocycles. The van der Waals surface area contributed by atoms with Crippen molar-refractivity contribution in [2.45, 2.75) is 23.5 Å². The van der Waals surface area contributed by atoms with Crippen molar-refractivity contribution >= 4 is 16.1 Å². The maximum atomic E-state index is 12.4. The highest BCUT2D eigenvalue weighted by Crippen LogP contribution is 2.19. The Balaban J connectivity index is 2.30. The third-order valence-corrected chi connectivity index (χ3v) is 5.18. The Kier molecular flexibility index (Phi) is 4.35. The molecule has 0 aliphatic heterocycles. The van der Waals surface area contributed by atoms with E-state index in [1.54, 1.807) is 24.3 Å². The van der Waals surface area contributed by atoms with Gasteiger partial charge in [0, 0.05) is 0 Å². The molecule has 0 bridgehead atoms. The van der Waals surface area contributed by atoms with Crippen LogP contribution in [0.5, 0.6) is 0 Å². The third-order valence-electron chi connectivity index (χ3n) is 3.18. The summed E-state index contributed by atoms with van der Waals surface area (Å²) >= 11 is 0. The molecule has 1 atom stereocenters. The van der Waals surface area contributed by atoms with Crippen LogP contribution in [0.15, 0.2) is 59.5 Å². The van der Waals surface area contributed by atoms with Crippen molar-refractivity contribution in [3.63, 3.8) is 0 Å². The van der Waals surface area contributed by atoms with Gasteiger partial charge < -0.3 is 4.79 Å². The van der Waals surface area contributed by atoms with E-state index in [2.05, 4.69) is 0 Å². The summed E-state index contributed by atoms with van der Waals surface area (Å²) < 4.78 is 24.9. The summed E-state index contributed by atoms with van der Waals surface area (Å²) in [5, 5.41) is -1.05. The van der Waals surface area contributed by atoms with E-state index in [0.717, 1.165) is 11.1 Å². The Hall–Kier alpha value is -1.94. The predicted molar refractivity (Wildman–Crippen MR) is 78.4 cm³/mol. The fourth-order valence-corrected chi connectivity index (χ4v) is 3.40. The Bertz CT molecular complexity index is 673. The zero-order valence-electron chi connectivity index (χ0n) is 11.2. The number of rotatable bonds is 5. The summed E-state index contributed by atoms with van der Waals surface area (Å²) in [6, 6.07) is 15.7. The van der Waals surface area contributed by atoms with Crippen LogP contribution in [-0.4, -0.2) is 20.0 Å². The standard InChI is InChI=1S/C16H16O3S/c1-13-7-9-15(10-8-13)20(18,19)16(12-17)11-14-5-3-2-4-6-14/h2-10,12,16H,11H2,1H3. The highest BCUT2D eigenvalue weighted by molar-refractivity contribution is 7.92. The van der Waals surface area contributed by atoms with E-state index in [4.69, 9.17) is 0 Å². The summed E-state index contributed by atoms with van der Waals surface area (Å²) in [4.78, 5) is 11.4. The molecule has 0 aliphatic rings. The van der Waals surface area contributed by atoms with E-state index < -0.39 is 15.1 Å². The van der Waals surface area contributed by atoms with Crippen LogP contribution in [0.2, 0.25) is 0 Å². The van der Waals surface area contributed by atoms with Crippen molar-refractivity contribution in [3.05, 3.63) is 65.7 Å². The van der Waals surface area contributed by atoms with Crippen LogP contribution in [0.1, 0.15) is 11.1 Å². The largest absolute Gasteiger partial charge is 0.302 e. The average molecular weight is 288 g/mol. The van der Waals surface area contributed by atoms with E-state index in [9.17, 15) is 13.2 Å². The van der Waals surface area contributed by atoms with Crippen LogP contribution >= 0.6 is 0 Å². The lowest BCUT2D eigenvalue weighted by molar-refractivity contribution is -0.107. The second kappa shape index (κ2) is 6.01. The SMILES string of the molecule is Cc1ccc(S(=O)(=O)C(C=O)Cc2ccccc2)cc1. The number of hydrogen-bond acceptors (Lipinski definition) is 3. The molecule has 0 amide bonds. The summed E-state index contributed by atoms with van der Waals surface area (Å²) in [6.45, 7) is 1.89. The van der Waals surface area contributed by atoms with Gasteiger partial charge in [0.15, 0.2) is 9.84 Å². The molecule has 0 aromatic heterocycles. The molecule has 104 valence electrons. The van der Waals surface area contributed by atoms with Gasteiger partial charge in [-0.2, -0.15) is 0 Å². The van der Waals surface area contributed by atoms with E-state index in [1.165, 1.54) is 0 Å². The lowest BCUT2D eigenvalue weighted by Crippen LogP contribution is -2.25. The molecule has 0 radical (unpaired) electrons. The number of aldehydes is 1. The molecule has 2 aromatic rings. The van der Waals surface area contributed by atoms with E-state index in [0.29, 0.717) is 6.29 Å². The highest BCUT2D eigenvalue weighted by atomic mass is 32.2. The van der Waals surface area contributed by atoms with Gasteiger partial charge in [-0.05, 0) is 31.0 Å². The maximum Gasteiger partial charge on any atom is 0.188 e. The maximum absolute atomic E-state index is 12.4. The van der Waals surface area contributed by atoms with Crippen LogP contribution in [0.4, 0.5) is 0 Å². The molecule has 0 aliphatic carbocycles. The van der Waals surface area contributed by atoms with Crippen LogP contribution in [0, 0.1) is 6.92 Å². The van der Waals surface area contributed by atoms with Crippen molar-refractivity contribution in [1.82, 2.24) is 0 Å². The molecule has 20 heavy (non-hydrogen) atoms. The average Bonchev–Trinajstić information content (AvgIpc) is 2.46. The first kappa shape index (κ1) is 14.5. The van der Waals surface area contributed by atoms with Gasteiger partial charge in [0.25, 0.3) is 0 Å². The van der Waals surface area contributed by atoms with Crippen molar-refractivity contribution in [2.75, 3.05) is 0 Å². The molecule has 1 unspecified atom stereocenters. The molecule has 0 saturated carbocycles. The molecule has 2 aromatic carbocycles. The molecule has 0 N–H and O–H groups in total. The molecular weight excluding hydrogens is 272 g/mol. The van der Waals surface area contributed by atoms with Gasteiger partial charge in [0.05, 0.1) is 4.90 Å². The van der Waals surface area contributed by atoms with Gasteiger partial charge in [0.2, 0.25) is 0 Å². The minimum Gasteiger partial charge on any atom is -0.302 e. The molecular formula is C16H16O3S. The van der Waals surface area contributed by atoms with Crippen molar-refractivity contribution < 1.29 is 13.2 Å². The zero-order valence-corrected chi connectivity index (χ0v) is 12.0. The summed E-state index contributed by atoms with van der Waals surface area (Å²) in [6.07, 6.45) is 0.711. The summed E-state index contributed by atoms with van der Waals surface area (Å²) in [5.41, 5.74) is 1.81. The Morgan fingerprint density at radius 3 is 2.15 bits per heavy atom. The summed E-state index contributed by atoms with van der Waals surface area (Å²) in [5.74, 6) is 0. The number of benzene rings is 2. The van der Waals surface area contributed by atoms with Crippen molar-refractivity contribution in [1.29, 1.82) is 0 Å². The number of sulfone groups is 1. The van der Waals surface area contributed by atoms with Crippen LogP contribution in [0.3, 0.4) is 0 Å². The van der Waals surface area contributed by atoms with Crippen LogP contribution in [0.25, 0.3) is 0 Å². The molecule has 4 heteroatoms. The van der Waals surface area contributed by atoms with Crippen LogP contribution in [-0.2, 0) is 21.1 Å². The predicted octanol–water partition coefficient (Wildman–Crippen LogP) is 2.58. The normalized spacial score (nSPS) is 12.8. The molecule has 2 rings (SSSR count). The number of carbonyl (C=O) groups excluding carboxylic acids is 1. The van der Waals surface area contributed by atoms with E-state index >= 15 is 0 Å².